The molecule has 0 saturated heterocycles. The summed E-state index contributed by atoms with van der Waals surface area (Å²) in [6, 6.07) is 4.09. The molecule has 0 aliphatic heterocycles. The molecule has 0 saturated carbocycles. The first-order valence-corrected chi connectivity index (χ1v) is 5.50. The number of nitrogens with two attached hydrogens (primary N) is 1. The molecule has 82 valence electrons. The Hall–Kier alpha value is -1.16. The Morgan fingerprint density at radius 1 is 1.53 bits per heavy atom. The summed E-state index contributed by atoms with van der Waals surface area (Å²) in [5.41, 5.74) is 6.65. The van der Waals surface area contributed by atoms with E-state index in [1.807, 2.05) is 19.2 Å². The molecule has 4 heteroatoms. The van der Waals surface area contributed by atoms with Gasteiger partial charge in [-0.05, 0) is 25.5 Å². The van der Waals surface area contributed by atoms with E-state index in [1.54, 1.807) is 0 Å². The number of rotatable bonds is 5. The molecule has 0 aromatic carbocycles. The summed E-state index contributed by atoms with van der Waals surface area (Å²) in [7, 11) is 0. The SMILES string of the molecule is CCN(CCC(N)=S)c1ccc(C)cn1. The van der Waals surface area contributed by atoms with Gasteiger partial charge in [0.2, 0.25) is 0 Å². The number of aromatic nitrogens is 1. The van der Waals surface area contributed by atoms with Crippen molar-refractivity contribution in [3.8, 4) is 0 Å². The van der Waals surface area contributed by atoms with Crippen LogP contribution in [0.2, 0.25) is 0 Å². The van der Waals surface area contributed by atoms with Crippen LogP contribution in [0.1, 0.15) is 18.9 Å². The number of pyridine rings is 1. The highest BCUT2D eigenvalue weighted by molar-refractivity contribution is 7.80. The Bertz CT molecular complexity index is 321. The Morgan fingerprint density at radius 2 is 2.27 bits per heavy atom. The minimum absolute atomic E-state index is 0.556. The molecule has 1 aromatic heterocycles. The van der Waals surface area contributed by atoms with E-state index < -0.39 is 0 Å². The summed E-state index contributed by atoms with van der Waals surface area (Å²) in [5.74, 6) is 0.986. The lowest BCUT2D eigenvalue weighted by Gasteiger charge is -2.21. The van der Waals surface area contributed by atoms with Gasteiger partial charge in [0.25, 0.3) is 0 Å². The number of hydrogen-bond acceptors (Lipinski definition) is 3. The maximum Gasteiger partial charge on any atom is 0.128 e. The zero-order valence-corrected chi connectivity index (χ0v) is 10.0. The molecule has 0 aliphatic carbocycles. The van der Waals surface area contributed by atoms with Crippen molar-refractivity contribution in [3.05, 3.63) is 23.9 Å². The standard InChI is InChI=1S/C11H17N3S/c1-3-14(7-6-10(12)15)11-5-4-9(2)8-13-11/h4-5,8H,3,6-7H2,1-2H3,(H2,12,15). The fourth-order valence-electron chi connectivity index (χ4n) is 1.33. The van der Waals surface area contributed by atoms with Gasteiger partial charge in [0, 0.05) is 25.7 Å². The van der Waals surface area contributed by atoms with Crippen molar-refractivity contribution in [1.29, 1.82) is 0 Å². The van der Waals surface area contributed by atoms with Crippen molar-refractivity contribution in [2.24, 2.45) is 5.73 Å². The van der Waals surface area contributed by atoms with Gasteiger partial charge in [0.1, 0.15) is 5.82 Å². The minimum atomic E-state index is 0.556. The molecule has 0 bridgehead atoms. The summed E-state index contributed by atoms with van der Waals surface area (Å²) in [6.45, 7) is 5.88. The lowest BCUT2D eigenvalue weighted by atomic mass is 10.3. The zero-order valence-electron chi connectivity index (χ0n) is 9.23. The second-order valence-corrected chi connectivity index (χ2v) is 4.01. The molecule has 0 radical (unpaired) electrons. The van der Waals surface area contributed by atoms with E-state index in [1.165, 1.54) is 5.56 Å². The van der Waals surface area contributed by atoms with Gasteiger partial charge in [-0.25, -0.2) is 4.98 Å². The van der Waals surface area contributed by atoms with Gasteiger partial charge < -0.3 is 10.6 Å². The molecule has 0 fully saturated rings. The Morgan fingerprint density at radius 3 is 2.73 bits per heavy atom. The molecular weight excluding hydrogens is 206 g/mol. The maximum atomic E-state index is 5.48. The Kier molecular flexibility index (Phi) is 4.49. The fraction of sp³-hybridized carbons (Fsp3) is 0.455. The van der Waals surface area contributed by atoms with Gasteiger partial charge in [0.15, 0.2) is 0 Å². The van der Waals surface area contributed by atoms with Crippen LogP contribution in [-0.4, -0.2) is 23.1 Å². The number of hydrogen-bond donors (Lipinski definition) is 1. The van der Waals surface area contributed by atoms with Crippen molar-refractivity contribution in [2.75, 3.05) is 18.0 Å². The smallest absolute Gasteiger partial charge is 0.128 e. The highest BCUT2D eigenvalue weighted by Crippen LogP contribution is 2.10. The molecule has 0 aliphatic rings. The van der Waals surface area contributed by atoms with Crippen LogP contribution < -0.4 is 10.6 Å². The van der Waals surface area contributed by atoms with Crippen molar-refractivity contribution in [1.82, 2.24) is 4.98 Å². The zero-order chi connectivity index (χ0) is 11.3. The molecule has 0 unspecified atom stereocenters. The predicted molar refractivity (Wildman–Crippen MR) is 68.3 cm³/mol. The van der Waals surface area contributed by atoms with E-state index in [-0.39, 0.29) is 0 Å². The molecule has 1 aromatic rings. The third-order valence-corrected chi connectivity index (χ3v) is 2.43. The van der Waals surface area contributed by atoms with E-state index in [0.717, 1.165) is 25.3 Å². The second-order valence-electron chi connectivity index (χ2n) is 3.49. The number of thiocarbonyl (C=S) groups is 1. The normalized spacial score (nSPS) is 10.0. The van der Waals surface area contributed by atoms with Crippen molar-refractivity contribution in [3.63, 3.8) is 0 Å². The average Bonchev–Trinajstić information content (AvgIpc) is 2.21. The summed E-state index contributed by atoms with van der Waals surface area (Å²) in [4.78, 5) is 7.09. The molecule has 1 rings (SSSR count). The van der Waals surface area contributed by atoms with Gasteiger partial charge in [-0.3, -0.25) is 0 Å². The third-order valence-electron chi connectivity index (χ3n) is 2.23. The highest BCUT2D eigenvalue weighted by atomic mass is 32.1. The largest absolute Gasteiger partial charge is 0.393 e. The molecule has 1 heterocycles. The predicted octanol–water partition coefficient (Wildman–Crippen LogP) is 1.89. The van der Waals surface area contributed by atoms with Gasteiger partial charge in [-0.15, -0.1) is 0 Å². The summed E-state index contributed by atoms with van der Waals surface area (Å²) in [5, 5.41) is 0. The van der Waals surface area contributed by atoms with Gasteiger partial charge in [-0.2, -0.15) is 0 Å². The lowest BCUT2D eigenvalue weighted by molar-refractivity contribution is 0.819. The Balaban J connectivity index is 2.65. The highest BCUT2D eigenvalue weighted by Gasteiger charge is 2.05. The number of nitrogens with zero attached hydrogens (tertiary/aromatic N) is 2. The molecule has 0 amide bonds. The average molecular weight is 223 g/mol. The van der Waals surface area contributed by atoms with Crippen molar-refractivity contribution >= 4 is 23.0 Å². The van der Waals surface area contributed by atoms with Gasteiger partial charge in [0.05, 0.1) is 4.99 Å². The van der Waals surface area contributed by atoms with Crippen LogP contribution in [0.25, 0.3) is 0 Å². The van der Waals surface area contributed by atoms with Gasteiger partial charge in [-0.1, -0.05) is 18.3 Å². The fourth-order valence-corrected chi connectivity index (χ4v) is 1.42. The van der Waals surface area contributed by atoms with E-state index >= 15 is 0 Å². The van der Waals surface area contributed by atoms with E-state index in [9.17, 15) is 0 Å². The molecule has 0 atom stereocenters. The summed E-state index contributed by atoms with van der Waals surface area (Å²) in [6.07, 6.45) is 2.61. The van der Waals surface area contributed by atoms with E-state index in [0.29, 0.717) is 4.99 Å². The van der Waals surface area contributed by atoms with Crippen LogP contribution in [0, 0.1) is 6.92 Å². The van der Waals surface area contributed by atoms with Gasteiger partial charge >= 0.3 is 0 Å². The van der Waals surface area contributed by atoms with Crippen LogP contribution >= 0.6 is 12.2 Å². The first kappa shape index (κ1) is 11.9. The summed E-state index contributed by atoms with van der Waals surface area (Å²) < 4.78 is 0. The van der Waals surface area contributed by atoms with Crippen LogP contribution in [0.15, 0.2) is 18.3 Å². The first-order valence-electron chi connectivity index (χ1n) is 5.09. The monoisotopic (exact) mass is 223 g/mol. The minimum Gasteiger partial charge on any atom is -0.393 e. The lowest BCUT2D eigenvalue weighted by Crippen LogP contribution is -2.27. The summed E-state index contributed by atoms with van der Waals surface area (Å²) >= 11 is 4.86. The first-order chi connectivity index (χ1) is 7.13. The number of anilines is 1. The molecule has 2 N–H and O–H groups in total. The maximum absolute atomic E-state index is 5.48. The van der Waals surface area contributed by atoms with Crippen LogP contribution in [0.5, 0.6) is 0 Å². The third kappa shape index (κ3) is 3.83. The molecule has 0 spiro atoms. The second kappa shape index (κ2) is 5.66. The topological polar surface area (TPSA) is 42.1 Å². The van der Waals surface area contributed by atoms with E-state index in [4.69, 9.17) is 18.0 Å². The number of aryl methyl sites for hydroxylation is 1. The quantitative estimate of drug-likeness (QED) is 0.774. The van der Waals surface area contributed by atoms with Crippen molar-refractivity contribution < 1.29 is 0 Å². The molecule has 3 nitrogen and oxygen atoms in total. The van der Waals surface area contributed by atoms with Crippen LogP contribution in [0.4, 0.5) is 5.82 Å². The molecular formula is C11H17N3S. The molecule has 15 heavy (non-hydrogen) atoms. The van der Waals surface area contributed by atoms with Crippen LogP contribution in [-0.2, 0) is 0 Å². The van der Waals surface area contributed by atoms with Crippen LogP contribution in [0.3, 0.4) is 0 Å². The Labute approximate surface area is 96.3 Å². The van der Waals surface area contributed by atoms with Crippen molar-refractivity contribution in [2.45, 2.75) is 20.3 Å². The van der Waals surface area contributed by atoms with E-state index in [2.05, 4.69) is 22.9 Å².